The molecule has 15 heavy (non-hydrogen) atoms. The molecule has 80 valence electrons. The van der Waals surface area contributed by atoms with E-state index in [0.29, 0.717) is 17.4 Å². The van der Waals surface area contributed by atoms with Crippen LogP contribution in [0.25, 0.3) is 11.6 Å². The van der Waals surface area contributed by atoms with Gasteiger partial charge in [-0.1, -0.05) is 5.16 Å². The molecule has 0 radical (unpaired) electrons. The molecule has 2 N–H and O–H groups in total. The van der Waals surface area contributed by atoms with Crippen LogP contribution >= 0.6 is 0 Å². The first-order chi connectivity index (χ1) is 6.97. The van der Waals surface area contributed by atoms with E-state index >= 15 is 0 Å². The Balaban J connectivity index is 2.36. The summed E-state index contributed by atoms with van der Waals surface area (Å²) in [5, 5.41) is 3.81. The molecule has 0 saturated carbocycles. The quantitative estimate of drug-likeness (QED) is 0.782. The first-order valence-electron chi connectivity index (χ1n) is 4.58. The molecule has 6 heteroatoms. The number of rotatable bonds is 2. The van der Waals surface area contributed by atoms with Crippen LogP contribution in [0.1, 0.15) is 19.7 Å². The van der Waals surface area contributed by atoms with E-state index in [9.17, 15) is 0 Å². The minimum atomic E-state index is -0.601. The predicted molar refractivity (Wildman–Crippen MR) is 53.7 cm³/mol. The van der Waals surface area contributed by atoms with Gasteiger partial charge in [0, 0.05) is 13.2 Å². The molecule has 2 heterocycles. The van der Waals surface area contributed by atoms with Gasteiger partial charge in [0.15, 0.2) is 5.82 Å². The third kappa shape index (κ3) is 1.89. The number of nitrogens with two attached hydrogens (primary N) is 1. The first kappa shape index (κ1) is 9.85. The second-order valence-corrected chi connectivity index (χ2v) is 4.07. The maximum absolute atomic E-state index is 5.84. The van der Waals surface area contributed by atoms with E-state index in [1.54, 1.807) is 12.5 Å². The molecule has 0 saturated heterocycles. The number of nitrogens with zero attached hydrogens (tertiary/aromatic N) is 4. The fourth-order valence-corrected chi connectivity index (χ4v) is 1.11. The number of aryl methyl sites for hydroxylation is 1. The van der Waals surface area contributed by atoms with Crippen molar-refractivity contribution in [1.29, 1.82) is 0 Å². The van der Waals surface area contributed by atoms with Gasteiger partial charge in [-0.25, -0.2) is 4.98 Å². The molecule has 2 rings (SSSR count). The summed E-state index contributed by atoms with van der Waals surface area (Å²) >= 11 is 0. The van der Waals surface area contributed by atoms with E-state index in [-0.39, 0.29) is 0 Å². The fourth-order valence-electron chi connectivity index (χ4n) is 1.11. The van der Waals surface area contributed by atoms with E-state index in [1.807, 2.05) is 25.5 Å². The maximum Gasteiger partial charge on any atom is 0.278 e. The summed E-state index contributed by atoms with van der Waals surface area (Å²) in [4.78, 5) is 8.29. The summed E-state index contributed by atoms with van der Waals surface area (Å²) in [6.45, 7) is 3.64. The van der Waals surface area contributed by atoms with Crippen LogP contribution in [0.5, 0.6) is 0 Å². The Morgan fingerprint density at radius 1 is 1.47 bits per heavy atom. The maximum atomic E-state index is 5.84. The summed E-state index contributed by atoms with van der Waals surface area (Å²) in [5.41, 5.74) is 5.90. The zero-order valence-electron chi connectivity index (χ0n) is 8.93. The van der Waals surface area contributed by atoms with Crippen LogP contribution in [-0.2, 0) is 12.6 Å². The van der Waals surface area contributed by atoms with Gasteiger partial charge in [0.2, 0.25) is 0 Å². The van der Waals surface area contributed by atoms with Crippen molar-refractivity contribution in [3.05, 3.63) is 18.3 Å². The highest BCUT2D eigenvalue weighted by Crippen LogP contribution is 2.18. The Labute approximate surface area is 87.1 Å². The minimum absolute atomic E-state index is 0.393. The lowest BCUT2D eigenvalue weighted by Crippen LogP contribution is -2.30. The lowest BCUT2D eigenvalue weighted by atomic mass is 10.1. The molecule has 0 amide bonds. The number of hydrogen-bond donors (Lipinski definition) is 1. The van der Waals surface area contributed by atoms with Gasteiger partial charge in [-0.3, -0.25) is 0 Å². The number of imidazole rings is 1. The van der Waals surface area contributed by atoms with E-state index in [4.69, 9.17) is 10.3 Å². The summed E-state index contributed by atoms with van der Waals surface area (Å²) in [5.74, 6) is 0.868. The van der Waals surface area contributed by atoms with E-state index in [1.165, 1.54) is 0 Å². The molecule has 0 atom stereocenters. The van der Waals surface area contributed by atoms with Crippen LogP contribution in [0, 0.1) is 0 Å². The molecule has 0 aliphatic heterocycles. The van der Waals surface area contributed by atoms with Gasteiger partial charge in [0.1, 0.15) is 5.69 Å². The Morgan fingerprint density at radius 3 is 2.67 bits per heavy atom. The van der Waals surface area contributed by atoms with Crippen molar-refractivity contribution in [2.24, 2.45) is 12.8 Å². The standard InChI is InChI=1S/C9H13N5O/c1-9(2,10)8-12-7(15-13-8)6-4-14(3)5-11-6/h4-5H,10H2,1-3H3. The minimum Gasteiger partial charge on any atom is -0.340 e. The highest BCUT2D eigenvalue weighted by Gasteiger charge is 2.22. The van der Waals surface area contributed by atoms with Crippen molar-refractivity contribution in [2.75, 3.05) is 0 Å². The Morgan fingerprint density at radius 2 is 2.20 bits per heavy atom. The van der Waals surface area contributed by atoms with Crippen molar-refractivity contribution >= 4 is 0 Å². The molecule has 0 unspecified atom stereocenters. The van der Waals surface area contributed by atoms with Crippen LogP contribution < -0.4 is 5.73 Å². The second-order valence-electron chi connectivity index (χ2n) is 4.07. The van der Waals surface area contributed by atoms with Gasteiger partial charge >= 0.3 is 0 Å². The van der Waals surface area contributed by atoms with Gasteiger partial charge in [-0.05, 0) is 13.8 Å². The van der Waals surface area contributed by atoms with Crippen LogP contribution in [0.4, 0.5) is 0 Å². The molecule has 0 aliphatic rings. The Hall–Kier alpha value is -1.69. The van der Waals surface area contributed by atoms with Crippen LogP contribution in [0.2, 0.25) is 0 Å². The smallest absolute Gasteiger partial charge is 0.278 e. The molecule has 0 aromatic carbocycles. The fraction of sp³-hybridized carbons (Fsp3) is 0.444. The average molecular weight is 207 g/mol. The second kappa shape index (κ2) is 3.16. The molecule has 2 aromatic heterocycles. The van der Waals surface area contributed by atoms with E-state index in [2.05, 4.69) is 15.1 Å². The molecule has 0 spiro atoms. The summed E-state index contributed by atoms with van der Waals surface area (Å²) in [6, 6.07) is 0. The van der Waals surface area contributed by atoms with Gasteiger partial charge in [0.25, 0.3) is 5.89 Å². The zero-order chi connectivity index (χ0) is 11.1. The SMILES string of the molecule is Cn1cnc(-c2nc(C(C)(C)N)no2)c1. The summed E-state index contributed by atoms with van der Waals surface area (Å²) in [7, 11) is 1.88. The monoisotopic (exact) mass is 207 g/mol. The highest BCUT2D eigenvalue weighted by atomic mass is 16.5. The molecular weight excluding hydrogens is 194 g/mol. The lowest BCUT2D eigenvalue weighted by Gasteiger charge is -2.11. The predicted octanol–water partition coefficient (Wildman–Crippen LogP) is 0.664. The Kier molecular flexibility index (Phi) is 2.08. The number of aromatic nitrogens is 4. The highest BCUT2D eigenvalue weighted by molar-refractivity contribution is 5.44. The molecule has 6 nitrogen and oxygen atoms in total. The van der Waals surface area contributed by atoms with Crippen LogP contribution in [0.3, 0.4) is 0 Å². The average Bonchev–Trinajstić information content (AvgIpc) is 2.69. The zero-order valence-corrected chi connectivity index (χ0v) is 8.93. The van der Waals surface area contributed by atoms with Gasteiger partial charge < -0.3 is 14.8 Å². The van der Waals surface area contributed by atoms with Crippen molar-refractivity contribution in [3.63, 3.8) is 0 Å². The third-order valence-corrected chi connectivity index (χ3v) is 1.93. The van der Waals surface area contributed by atoms with E-state index in [0.717, 1.165) is 0 Å². The molecule has 0 fully saturated rings. The third-order valence-electron chi connectivity index (χ3n) is 1.93. The van der Waals surface area contributed by atoms with Crippen LogP contribution in [0.15, 0.2) is 17.0 Å². The molecule has 0 aliphatic carbocycles. The van der Waals surface area contributed by atoms with Crippen molar-refractivity contribution < 1.29 is 4.52 Å². The Bertz CT molecular complexity index is 465. The largest absolute Gasteiger partial charge is 0.340 e. The lowest BCUT2D eigenvalue weighted by molar-refractivity contribution is 0.396. The normalized spacial score (nSPS) is 12.0. The van der Waals surface area contributed by atoms with E-state index < -0.39 is 5.54 Å². The molecule has 0 bridgehead atoms. The van der Waals surface area contributed by atoms with Gasteiger partial charge in [-0.2, -0.15) is 4.98 Å². The molecule has 2 aromatic rings. The number of hydrogen-bond acceptors (Lipinski definition) is 5. The molecular formula is C9H13N5O. The van der Waals surface area contributed by atoms with Crippen LogP contribution in [-0.4, -0.2) is 19.7 Å². The van der Waals surface area contributed by atoms with Crippen molar-refractivity contribution in [1.82, 2.24) is 19.7 Å². The summed E-state index contributed by atoms with van der Waals surface area (Å²) < 4.78 is 6.89. The topological polar surface area (TPSA) is 82.8 Å². The summed E-state index contributed by atoms with van der Waals surface area (Å²) in [6.07, 6.45) is 3.48. The van der Waals surface area contributed by atoms with Gasteiger partial charge in [-0.15, -0.1) is 0 Å². The van der Waals surface area contributed by atoms with Gasteiger partial charge in [0.05, 0.1) is 11.9 Å². The van der Waals surface area contributed by atoms with Crippen molar-refractivity contribution in [3.8, 4) is 11.6 Å². The first-order valence-corrected chi connectivity index (χ1v) is 4.58. The van der Waals surface area contributed by atoms with Crippen molar-refractivity contribution in [2.45, 2.75) is 19.4 Å².